The van der Waals surface area contributed by atoms with Crippen LogP contribution in [0.2, 0.25) is 0 Å². The third kappa shape index (κ3) is 2.13. The van der Waals surface area contributed by atoms with E-state index in [1.165, 1.54) is 30.2 Å². The lowest BCUT2D eigenvalue weighted by Crippen LogP contribution is -2.33. The van der Waals surface area contributed by atoms with Gasteiger partial charge in [-0.25, -0.2) is 0 Å². The van der Waals surface area contributed by atoms with E-state index in [4.69, 9.17) is 0 Å². The summed E-state index contributed by atoms with van der Waals surface area (Å²) in [6, 6.07) is 10.7. The van der Waals surface area contributed by atoms with E-state index in [-0.39, 0.29) is 6.04 Å². The highest BCUT2D eigenvalue weighted by Gasteiger charge is 2.24. The molecular formula is C16H19N3. The van der Waals surface area contributed by atoms with Gasteiger partial charge >= 0.3 is 0 Å². The molecule has 0 N–H and O–H groups in total. The molecule has 3 heteroatoms. The first-order chi connectivity index (χ1) is 9.31. The van der Waals surface area contributed by atoms with Crippen molar-refractivity contribution in [1.82, 2.24) is 9.47 Å². The fourth-order valence-electron chi connectivity index (χ4n) is 3.12. The van der Waals surface area contributed by atoms with Gasteiger partial charge in [0.2, 0.25) is 0 Å². The summed E-state index contributed by atoms with van der Waals surface area (Å²) < 4.78 is 2.12. The molecule has 19 heavy (non-hydrogen) atoms. The molecular weight excluding hydrogens is 234 g/mol. The van der Waals surface area contributed by atoms with Crippen molar-refractivity contribution in [3.05, 3.63) is 36.0 Å². The van der Waals surface area contributed by atoms with Gasteiger partial charge in [0.1, 0.15) is 6.04 Å². The highest BCUT2D eigenvalue weighted by Crippen LogP contribution is 2.30. The molecule has 1 saturated heterocycles. The second-order valence-electron chi connectivity index (χ2n) is 5.34. The number of nitrogens with zero attached hydrogens (tertiary/aromatic N) is 3. The highest BCUT2D eigenvalue weighted by atomic mass is 15.2. The van der Waals surface area contributed by atoms with E-state index in [1.54, 1.807) is 0 Å². The van der Waals surface area contributed by atoms with Gasteiger partial charge in [-0.2, -0.15) is 5.26 Å². The van der Waals surface area contributed by atoms with Crippen LogP contribution in [-0.4, -0.2) is 22.6 Å². The van der Waals surface area contributed by atoms with Crippen molar-refractivity contribution in [3.63, 3.8) is 0 Å². The van der Waals surface area contributed by atoms with Crippen molar-refractivity contribution < 1.29 is 0 Å². The van der Waals surface area contributed by atoms with E-state index < -0.39 is 0 Å². The first-order valence-corrected chi connectivity index (χ1v) is 6.99. The summed E-state index contributed by atoms with van der Waals surface area (Å²) in [6.07, 6.45) is 5.84. The average molecular weight is 253 g/mol. The summed E-state index contributed by atoms with van der Waals surface area (Å²) in [5, 5.41) is 10.8. The minimum atomic E-state index is -0.105. The van der Waals surface area contributed by atoms with Gasteiger partial charge in [-0.15, -0.1) is 0 Å². The van der Waals surface area contributed by atoms with Crippen molar-refractivity contribution in [2.75, 3.05) is 13.1 Å². The maximum Gasteiger partial charge on any atom is 0.125 e. The molecule has 1 aromatic heterocycles. The maximum atomic E-state index is 9.60. The smallest absolute Gasteiger partial charge is 0.125 e. The van der Waals surface area contributed by atoms with E-state index >= 15 is 0 Å². The fourth-order valence-corrected chi connectivity index (χ4v) is 3.12. The highest BCUT2D eigenvalue weighted by molar-refractivity contribution is 5.84. The quantitative estimate of drug-likeness (QED) is 0.823. The predicted octanol–water partition coefficient (Wildman–Crippen LogP) is 3.23. The maximum absolute atomic E-state index is 9.60. The Hall–Kier alpha value is -1.79. The minimum Gasteiger partial charge on any atom is -0.350 e. The number of hydrogen-bond donors (Lipinski definition) is 0. The number of piperidine rings is 1. The number of aryl methyl sites for hydroxylation is 1. The molecule has 3 rings (SSSR count). The lowest BCUT2D eigenvalue weighted by molar-refractivity contribution is 0.197. The molecule has 0 bridgehead atoms. The van der Waals surface area contributed by atoms with E-state index in [0.717, 1.165) is 18.7 Å². The van der Waals surface area contributed by atoms with Crippen LogP contribution in [0.4, 0.5) is 0 Å². The molecule has 1 aliphatic rings. The zero-order valence-corrected chi connectivity index (χ0v) is 11.3. The summed E-state index contributed by atoms with van der Waals surface area (Å²) in [5.74, 6) is 0. The Morgan fingerprint density at radius 2 is 1.89 bits per heavy atom. The number of fused-ring (bicyclic) bond motifs is 1. The Labute approximate surface area is 114 Å². The fraction of sp³-hybridized carbons (Fsp3) is 0.438. The summed E-state index contributed by atoms with van der Waals surface area (Å²) in [6.45, 7) is 2.09. The summed E-state index contributed by atoms with van der Waals surface area (Å²) >= 11 is 0. The monoisotopic (exact) mass is 253 g/mol. The molecule has 1 atom stereocenters. The summed E-state index contributed by atoms with van der Waals surface area (Å²) in [7, 11) is 2.05. The molecule has 1 aliphatic heterocycles. The Bertz CT molecular complexity index is 614. The molecule has 0 spiro atoms. The molecule has 0 amide bonds. The first-order valence-electron chi connectivity index (χ1n) is 6.99. The zero-order chi connectivity index (χ0) is 13.2. The van der Waals surface area contributed by atoms with Crippen LogP contribution >= 0.6 is 0 Å². The number of rotatable bonds is 2. The topological polar surface area (TPSA) is 32.0 Å². The van der Waals surface area contributed by atoms with Crippen molar-refractivity contribution >= 4 is 10.9 Å². The Balaban J connectivity index is 2.04. The van der Waals surface area contributed by atoms with Gasteiger partial charge < -0.3 is 4.57 Å². The third-order valence-corrected chi connectivity index (χ3v) is 4.10. The van der Waals surface area contributed by atoms with Gasteiger partial charge in [0.05, 0.1) is 6.07 Å². The Kier molecular flexibility index (Phi) is 3.27. The minimum absolute atomic E-state index is 0.105. The zero-order valence-electron chi connectivity index (χ0n) is 11.3. The largest absolute Gasteiger partial charge is 0.350 e. The van der Waals surface area contributed by atoms with Crippen LogP contribution in [-0.2, 0) is 7.05 Å². The van der Waals surface area contributed by atoms with Crippen molar-refractivity contribution in [2.24, 2.45) is 7.05 Å². The van der Waals surface area contributed by atoms with Gasteiger partial charge in [-0.05, 0) is 32.0 Å². The van der Waals surface area contributed by atoms with E-state index in [1.807, 2.05) is 6.07 Å². The third-order valence-electron chi connectivity index (χ3n) is 4.10. The van der Waals surface area contributed by atoms with Crippen LogP contribution in [0.1, 0.15) is 30.9 Å². The molecule has 0 aliphatic carbocycles. The normalized spacial score (nSPS) is 18.3. The molecule has 0 saturated carbocycles. The summed E-state index contributed by atoms with van der Waals surface area (Å²) in [5.41, 5.74) is 2.36. The van der Waals surface area contributed by atoms with Crippen LogP contribution in [0.3, 0.4) is 0 Å². The number of nitriles is 1. The number of benzene rings is 1. The Morgan fingerprint density at radius 1 is 1.16 bits per heavy atom. The number of aromatic nitrogens is 1. The van der Waals surface area contributed by atoms with Gasteiger partial charge in [0, 0.05) is 29.7 Å². The van der Waals surface area contributed by atoms with Crippen LogP contribution in [0, 0.1) is 11.3 Å². The second-order valence-corrected chi connectivity index (χ2v) is 5.34. The number of para-hydroxylation sites is 1. The average Bonchev–Trinajstić information content (AvgIpc) is 2.79. The van der Waals surface area contributed by atoms with Gasteiger partial charge in [0.25, 0.3) is 0 Å². The molecule has 2 heterocycles. The SMILES string of the molecule is Cn1cc(C(C#N)N2CCCCC2)c2ccccc21. The summed E-state index contributed by atoms with van der Waals surface area (Å²) in [4.78, 5) is 2.32. The molecule has 98 valence electrons. The van der Waals surface area contributed by atoms with Crippen LogP contribution < -0.4 is 0 Å². The van der Waals surface area contributed by atoms with Crippen molar-refractivity contribution in [3.8, 4) is 6.07 Å². The number of hydrogen-bond acceptors (Lipinski definition) is 2. The molecule has 1 fully saturated rings. The van der Waals surface area contributed by atoms with Crippen LogP contribution in [0.25, 0.3) is 10.9 Å². The lowest BCUT2D eigenvalue weighted by Gasteiger charge is -2.30. The lowest BCUT2D eigenvalue weighted by atomic mass is 10.0. The van der Waals surface area contributed by atoms with E-state index in [2.05, 4.69) is 47.0 Å². The van der Waals surface area contributed by atoms with Gasteiger partial charge in [-0.1, -0.05) is 24.6 Å². The van der Waals surface area contributed by atoms with Crippen molar-refractivity contribution in [1.29, 1.82) is 5.26 Å². The first kappa shape index (κ1) is 12.3. The van der Waals surface area contributed by atoms with Gasteiger partial charge in [0.15, 0.2) is 0 Å². The molecule has 1 unspecified atom stereocenters. The number of likely N-dealkylation sites (tertiary alicyclic amines) is 1. The van der Waals surface area contributed by atoms with Crippen LogP contribution in [0.15, 0.2) is 30.5 Å². The molecule has 3 nitrogen and oxygen atoms in total. The molecule has 2 aromatic rings. The standard InChI is InChI=1S/C16H19N3/c1-18-12-14(13-7-3-4-8-15(13)18)16(11-17)19-9-5-2-6-10-19/h3-4,7-8,12,16H,2,5-6,9-10H2,1H3. The van der Waals surface area contributed by atoms with Crippen molar-refractivity contribution in [2.45, 2.75) is 25.3 Å². The predicted molar refractivity (Wildman–Crippen MR) is 76.7 cm³/mol. The van der Waals surface area contributed by atoms with E-state index in [0.29, 0.717) is 0 Å². The van der Waals surface area contributed by atoms with Crippen LogP contribution in [0.5, 0.6) is 0 Å². The molecule has 0 radical (unpaired) electrons. The van der Waals surface area contributed by atoms with E-state index in [9.17, 15) is 5.26 Å². The Morgan fingerprint density at radius 3 is 2.63 bits per heavy atom. The molecule has 1 aromatic carbocycles. The second kappa shape index (κ2) is 5.07. The van der Waals surface area contributed by atoms with Gasteiger partial charge in [-0.3, -0.25) is 4.90 Å².